The van der Waals surface area contributed by atoms with Gasteiger partial charge in [0, 0.05) is 5.56 Å². The maximum Gasteiger partial charge on any atom is 0.150 e. The monoisotopic (exact) mass is 216 g/mol. The van der Waals surface area contributed by atoms with Gasteiger partial charge in [0.1, 0.15) is 18.1 Å². The van der Waals surface area contributed by atoms with Crippen LogP contribution in [-0.4, -0.2) is 12.4 Å². The third-order valence-electron chi connectivity index (χ3n) is 3.98. The number of aldehydes is 1. The molecule has 2 fully saturated rings. The van der Waals surface area contributed by atoms with Crippen molar-refractivity contribution in [2.24, 2.45) is 11.8 Å². The Kier molecular flexibility index (Phi) is 2.43. The fraction of sp³-hybridized carbons (Fsp3) is 0.500. The highest BCUT2D eigenvalue weighted by atomic mass is 16.5. The summed E-state index contributed by atoms with van der Waals surface area (Å²) in [5, 5.41) is 0. The van der Waals surface area contributed by atoms with Crippen molar-refractivity contribution in [3.05, 3.63) is 29.8 Å². The highest BCUT2D eigenvalue weighted by Crippen LogP contribution is 2.45. The van der Waals surface area contributed by atoms with E-state index in [4.69, 9.17) is 4.74 Å². The lowest BCUT2D eigenvalue weighted by Gasteiger charge is -2.23. The summed E-state index contributed by atoms with van der Waals surface area (Å²) < 4.78 is 5.99. The van der Waals surface area contributed by atoms with Gasteiger partial charge in [-0.3, -0.25) is 4.79 Å². The Balaban J connectivity index is 1.67. The van der Waals surface area contributed by atoms with Gasteiger partial charge in [0.05, 0.1) is 0 Å². The minimum absolute atomic E-state index is 0.417. The number of ether oxygens (including phenoxy) is 1. The summed E-state index contributed by atoms with van der Waals surface area (Å²) in [5.41, 5.74) is 0.709. The van der Waals surface area contributed by atoms with Crippen molar-refractivity contribution in [1.82, 2.24) is 0 Å². The van der Waals surface area contributed by atoms with Gasteiger partial charge in [-0.25, -0.2) is 0 Å². The molecule has 0 amide bonds. The van der Waals surface area contributed by atoms with Gasteiger partial charge < -0.3 is 4.74 Å². The van der Waals surface area contributed by atoms with Crippen LogP contribution in [0.3, 0.4) is 0 Å². The van der Waals surface area contributed by atoms with E-state index in [1.165, 1.54) is 25.7 Å². The molecule has 2 nitrogen and oxygen atoms in total. The second-order valence-electron chi connectivity index (χ2n) is 5.02. The van der Waals surface area contributed by atoms with E-state index in [9.17, 15) is 4.79 Å². The smallest absolute Gasteiger partial charge is 0.150 e. The number of hydrogen-bond donors (Lipinski definition) is 0. The Bertz CT molecular complexity index is 382. The molecule has 0 N–H and O–H groups in total. The molecule has 3 atom stereocenters. The van der Waals surface area contributed by atoms with E-state index in [2.05, 4.69) is 0 Å². The van der Waals surface area contributed by atoms with Crippen LogP contribution in [0.25, 0.3) is 0 Å². The Hall–Kier alpha value is -1.31. The van der Waals surface area contributed by atoms with E-state index in [-0.39, 0.29) is 0 Å². The molecule has 2 bridgehead atoms. The Morgan fingerprint density at radius 2 is 1.94 bits per heavy atom. The molecule has 2 aliphatic carbocycles. The summed E-state index contributed by atoms with van der Waals surface area (Å²) in [6.07, 6.45) is 6.59. The van der Waals surface area contributed by atoms with E-state index in [0.29, 0.717) is 11.7 Å². The van der Waals surface area contributed by atoms with Crippen LogP contribution in [0, 0.1) is 11.8 Å². The zero-order valence-corrected chi connectivity index (χ0v) is 9.26. The molecule has 1 aromatic carbocycles. The van der Waals surface area contributed by atoms with E-state index in [1.807, 2.05) is 24.3 Å². The number of carbonyl (C=O) groups is 1. The zero-order valence-electron chi connectivity index (χ0n) is 9.26. The van der Waals surface area contributed by atoms with E-state index < -0.39 is 0 Å². The lowest BCUT2D eigenvalue weighted by Crippen LogP contribution is -2.23. The van der Waals surface area contributed by atoms with Crippen LogP contribution in [-0.2, 0) is 0 Å². The average molecular weight is 216 g/mol. The quantitative estimate of drug-likeness (QED) is 0.726. The van der Waals surface area contributed by atoms with E-state index in [1.54, 1.807) is 0 Å². The number of benzene rings is 1. The van der Waals surface area contributed by atoms with Crippen LogP contribution in [0.15, 0.2) is 24.3 Å². The lowest BCUT2D eigenvalue weighted by molar-refractivity contribution is 0.112. The van der Waals surface area contributed by atoms with Crippen molar-refractivity contribution in [2.75, 3.05) is 0 Å². The van der Waals surface area contributed by atoms with Gasteiger partial charge in [0.2, 0.25) is 0 Å². The molecule has 2 saturated carbocycles. The first kappa shape index (κ1) is 9.88. The van der Waals surface area contributed by atoms with Crippen molar-refractivity contribution in [3.63, 3.8) is 0 Å². The van der Waals surface area contributed by atoms with Gasteiger partial charge in [-0.1, -0.05) is 0 Å². The largest absolute Gasteiger partial charge is 0.490 e. The summed E-state index contributed by atoms with van der Waals surface area (Å²) in [6.45, 7) is 0. The fourth-order valence-corrected chi connectivity index (χ4v) is 3.13. The van der Waals surface area contributed by atoms with Gasteiger partial charge >= 0.3 is 0 Å². The molecule has 0 heterocycles. The molecule has 16 heavy (non-hydrogen) atoms. The summed E-state index contributed by atoms with van der Waals surface area (Å²) in [7, 11) is 0. The Labute approximate surface area is 95.6 Å². The molecular weight excluding hydrogens is 200 g/mol. The molecular formula is C14H16O2. The predicted molar refractivity (Wildman–Crippen MR) is 61.7 cm³/mol. The van der Waals surface area contributed by atoms with Crippen LogP contribution in [0.1, 0.15) is 36.0 Å². The van der Waals surface area contributed by atoms with Gasteiger partial charge in [-0.2, -0.15) is 0 Å². The highest BCUT2D eigenvalue weighted by molar-refractivity contribution is 5.74. The molecule has 1 aromatic rings. The molecule has 0 aliphatic heterocycles. The lowest BCUT2D eigenvalue weighted by atomic mass is 9.98. The van der Waals surface area contributed by atoms with Crippen LogP contribution in [0.4, 0.5) is 0 Å². The van der Waals surface area contributed by atoms with Crippen LogP contribution >= 0.6 is 0 Å². The summed E-state index contributed by atoms with van der Waals surface area (Å²) in [4.78, 5) is 10.5. The average Bonchev–Trinajstić information content (AvgIpc) is 2.92. The first-order valence-corrected chi connectivity index (χ1v) is 6.07. The number of carbonyl (C=O) groups excluding carboxylic acids is 1. The maximum atomic E-state index is 10.5. The highest BCUT2D eigenvalue weighted by Gasteiger charge is 2.40. The fourth-order valence-electron chi connectivity index (χ4n) is 3.13. The van der Waals surface area contributed by atoms with Gasteiger partial charge in [0.25, 0.3) is 0 Å². The normalized spacial score (nSPS) is 31.6. The molecule has 2 aliphatic rings. The minimum Gasteiger partial charge on any atom is -0.490 e. The number of fused-ring (bicyclic) bond motifs is 2. The molecule has 3 rings (SSSR count). The van der Waals surface area contributed by atoms with Gasteiger partial charge in [-0.05, 0) is 61.8 Å². The first-order valence-electron chi connectivity index (χ1n) is 6.07. The Morgan fingerprint density at radius 1 is 1.12 bits per heavy atom. The summed E-state index contributed by atoms with van der Waals surface area (Å²) >= 11 is 0. The SMILES string of the molecule is O=Cc1ccc(OC2CC3CCC2C3)cc1. The van der Waals surface area contributed by atoms with Crippen molar-refractivity contribution < 1.29 is 9.53 Å². The maximum absolute atomic E-state index is 10.5. The number of rotatable bonds is 3. The molecule has 84 valence electrons. The molecule has 0 aromatic heterocycles. The molecule has 3 unspecified atom stereocenters. The standard InChI is InChI=1S/C14H16O2/c15-9-10-2-5-13(6-3-10)16-14-8-11-1-4-12(14)7-11/h2-3,5-6,9,11-12,14H,1,4,7-8H2. The third-order valence-corrected chi connectivity index (χ3v) is 3.98. The van der Waals surface area contributed by atoms with Gasteiger partial charge in [-0.15, -0.1) is 0 Å². The topological polar surface area (TPSA) is 26.3 Å². The van der Waals surface area contributed by atoms with Crippen LogP contribution in [0.2, 0.25) is 0 Å². The van der Waals surface area contributed by atoms with Crippen molar-refractivity contribution in [2.45, 2.75) is 31.8 Å². The van der Waals surface area contributed by atoms with Crippen LogP contribution < -0.4 is 4.74 Å². The second-order valence-corrected chi connectivity index (χ2v) is 5.02. The summed E-state index contributed by atoms with van der Waals surface area (Å²) in [5.74, 6) is 2.59. The van der Waals surface area contributed by atoms with Crippen molar-refractivity contribution in [3.8, 4) is 5.75 Å². The van der Waals surface area contributed by atoms with Crippen molar-refractivity contribution in [1.29, 1.82) is 0 Å². The van der Waals surface area contributed by atoms with Crippen LogP contribution in [0.5, 0.6) is 5.75 Å². The molecule has 0 radical (unpaired) electrons. The summed E-state index contributed by atoms with van der Waals surface area (Å²) in [6, 6.07) is 7.43. The molecule has 0 spiro atoms. The van der Waals surface area contributed by atoms with Gasteiger partial charge in [0.15, 0.2) is 0 Å². The zero-order chi connectivity index (χ0) is 11.0. The second kappa shape index (κ2) is 3.93. The predicted octanol–water partition coefficient (Wildman–Crippen LogP) is 3.07. The third kappa shape index (κ3) is 1.73. The molecule has 2 heteroatoms. The minimum atomic E-state index is 0.417. The molecule has 0 saturated heterocycles. The van der Waals surface area contributed by atoms with Crippen molar-refractivity contribution >= 4 is 6.29 Å². The van der Waals surface area contributed by atoms with E-state index >= 15 is 0 Å². The van der Waals surface area contributed by atoms with E-state index in [0.717, 1.165) is 23.9 Å². The first-order chi connectivity index (χ1) is 7.85. The Morgan fingerprint density at radius 3 is 2.50 bits per heavy atom. The number of hydrogen-bond acceptors (Lipinski definition) is 2.